The average Bonchev–Trinajstić information content (AvgIpc) is 2.25. The number of carboxylic acid groups (broad SMARTS) is 1. The summed E-state index contributed by atoms with van der Waals surface area (Å²) in [4.78, 5) is 10.7. The minimum atomic E-state index is -0.962. The first-order chi connectivity index (χ1) is 7.19. The second-order valence-corrected chi connectivity index (χ2v) is 2.97. The Morgan fingerprint density at radius 1 is 1.47 bits per heavy atom. The fraction of sp³-hybridized carbons (Fsp3) is 0.364. The van der Waals surface area contributed by atoms with Crippen LogP contribution in [0.5, 0.6) is 5.75 Å². The molecule has 0 amide bonds. The van der Waals surface area contributed by atoms with E-state index in [1.54, 1.807) is 12.1 Å². The molecule has 15 heavy (non-hydrogen) atoms. The van der Waals surface area contributed by atoms with Gasteiger partial charge < -0.3 is 14.6 Å². The molecule has 4 nitrogen and oxygen atoms in total. The maximum Gasteiger partial charge on any atom is 0.335 e. The van der Waals surface area contributed by atoms with Gasteiger partial charge in [-0.25, -0.2) is 4.79 Å². The predicted octanol–water partition coefficient (Wildman–Crippen LogP) is 1.93. The molecule has 0 aliphatic carbocycles. The Hall–Kier alpha value is -1.55. The zero-order chi connectivity index (χ0) is 11.3. The SMILES string of the molecule is CCOCc1ccc(C(=O)O)cc1OC. The van der Waals surface area contributed by atoms with Crippen molar-refractivity contribution in [1.82, 2.24) is 0 Å². The molecule has 0 atom stereocenters. The van der Waals surface area contributed by atoms with Gasteiger partial charge in [-0.2, -0.15) is 0 Å². The number of methoxy groups -OCH3 is 1. The summed E-state index contributed by atoms with van der Waals surface area (Å²) in [6, 6.07) is 4.74. The molecule has 1 rings (SSSR count). The van der Waals surface area contributed by atoms with Crippen LogP contribution >= 0.6 is 0 Å². The van der Waals surface area contributed by atoms with Crippen LogP contribution < -0.4 is 4.74 Å². The molecule has 1 aromatic rings. The number of rotatable bonds is 5. The van der Waals surface area contributed by atoms with Crippen LogP contribution in [-0.4, -0.2) is 24.8 Å². The summed E-state index contributed by atoms with van der Waals surface area (Å²) in [5.41, 5.74) is 1.07. The fourth-order valence-corrected chi connectivity index (χ4v) is 1.21. The Labute approximate surface area is 88.4 Å². The van der Waals surface area contributed by atoms with E-state index in [9.17, 15) is 4.79 Å². The van der Waals surface area contributed by atoms with Crippen molar-refractivity contribution in [2.45, 2.75) is 13.5 Å². The molecule has 0 saturated heterocycles. The summed E-state index contributed by atoms with van der Waals surface area (Å²) in [7, 11) is 1.51. The highest BCUT2D eigenvalue weighted by Crippen LogP contribution is 2.21. The van der Waals surface area contributed by atoms with Gasteiger partial charge in [0, 0.05) is 12.2 Å². The summed E-state index contributed by atoms with van der Waals surface area (Å²) in [5, 5.41) is 8.78. The second-order valence-electron chi connectivity index (χ2n) is 2.97. The van der Waals surface area contributed by atoms with Crippen LogP contribution in [0.15, 0.2) is 18.2 Å². The van der Waals surface area contributed by atoms with Gasteiger partial charge in [-0.15, -0.1) is 0 Å². The van der Waals surface area contributed by atoms with Crippen LogP contribution in [0.1, 0.15) is 22.8 Å². The first-order valence-corrected chi connectivity index (χ1v) is 4.67. The van der Waals surface area contributed by atoms with Crippen LogP contribution in [0.2, 0.25) is 0 Å². The standard InChI is InChI=1S/C11H14O4/c1-3-15-7-9-5-4-8(11(12)13)6-10(9)14-2/h4-6H,3,7H2,1-2H3,(H,12,13). The Bertz CT molecular complexity index is 346. The van der Waals surface area contributed by atoms with Crippen molar-refractivity contribution in [3.63, 3.8) is 0 Å². The largest absolute Gasteiger partial charge is 0.496 e. The Morgan fingerprint density at radius 2 is 2.20 bits per heavy atom. The van der Waals surface area contributed by atoms with Crippen molar-refractivity contribution < 1.29 is 19.4 Å². The van der Waals surface area contributed by atoms with Gasteiger partial charge in [0.25, 0.3) is 0 Å². The molecule has 0 aliphatic rings. The highest BCUT2D eigenvalue weighted by Gasteiger charge is 2.08. The van der Waals surface area contributed by atoms with E-state index in [4.69, 9.17) is 14.6 Å². The van der Waals surface area contributed by atoms with E-state index >= 15 is 0 Å². The van der Waals surface area contributed by atoms with E-state index in [1.165, 1.54) is 13.2 Å². The molecule has 0 unspecified atom stereocenters. The lowest BCUT2D eigenvalue weighted by Crippen LogP contribution is -2.01. The predicted molar refractivity (Wildman–Crippen MR) is 55.3 cm³/mol. The lowest BCUT2D eigenvalue weighted by Gasteiger charge is -2.09. The van der Waals surface area contributed by atoms with Crippen molar-refractivity contribution >= 4 is 5.97 Å². The molecule has 0 spiro atoms. The minimum Gasteiger partial charge on any atom is -0.496 e. The Balaban J connectivity index is 2.93. The molecule has 0 aliphatic heterocycles. The maximum atomic E-state index is 10.7. The smallest absolute Gasteiger partial charge is 0.335 e. The molecule has 4 heteroatoms. The van der Waals surface area contributed by atoms with E-state index in [2.05, 4.69) is 0 Å². The topological polar surface area (TPSA) is 55.8 Å². The van der Waals surface area contributed by atoms with Gasteiger partial charge in [0.05, 0.1) is 19.3 Å². The molecule has 0 saturated carbocycles. The van der Waals surface area contributed by atoms with Crippen LogP contribution in [0.25, 0.3) is 0 Å². The normalized spacial score (nSPS) is 10.0. The molecule has 1 aromatic carbocycles. The first-order valence-electron chi connectivity index (χ1n) is 4.67. The van der Waals surface area contributed by atoms with Crippen LogP contribution in [0.3, 0.4) is 0 Å². The third-order valence-corrected chi connectivity index (χ3v) is 2.00. The molecule has 0 bridgehead atoms. The van der Waals surface area contributed by atoms with Crippen LogP contribution in [0, 0.1) is 0 Å². The van der Waals surface area contributed by atoms with Gasteiger partial charge in [-0.05, 0) is 19.1 Å². The van der Waals surface area contributed by atoms with Gasteiger partial charge in [0.1, 0.15) is 5.75 Å². The summed E-state index contributed by atoms with van der Waals surface area (Å²) < 4.78 is 10.3. The maximum absolute atomic E-state index is 10.7. The molecule has 0 radical (unpaired) electrons. The third kappa shape index (κ3) is 2.95. The van der Waals surface area contributed by atoms with E-state index in [0.29, 0.717) is 19.0 Å². The molecule has 0 aromatic heterocycles. The van der Waals surface area contributed by atoms with Crippen LogP contribution in [-0.2, 0) is 11.3 Å². The number of ether oxygens (including phenoxy) is 2. The number of carboxylic acids is 1. The molecule has 82 valence electrons. The number of carbonyl (C=O) groups is 1. The van der Waals surface area contributed by atoms with Crippen molar-refractivity contribution in [2.24, 2.45) is 0 Å². The molecular formula is C11H14O4. The Kier molecular flexibility index (Phi) is 4.12. The lowest BCUT2D eigenvalue weighted by molar-refractivity contribution is 0.0696. The summed E-state index contributed by atoms with van der Waals surface area (Å²) in [6.07, 6.45) is 0. The van der Waals surface area contributed by atoms with Crippen molar-refractivity contribution in [1.29, 1.82) is 0 Å². The zero-order valence-electron chi connectivity index (χ0n) is 8.82. The van der Waals surface area contributed by atoms with Gasteiger partial charge in [0.15, 0.2) is 0 Å². The lowest BCUT2D eigenvalue weighted by atomic mass is 10.1. The highest BCUT2D eigenvalue weighted by molar-refractivity contribution is 5.88. The number of hydrogen-bond donors (Lipinski definition) is 1. The molecule has 1 N–H and O–H groups in total. The summed E-state index contributed by atoms with van der Waals surface area (Å²) in [6.45, 7) is 2.95. The van der Waals surface area contributed by atoms with E-state index in [0.717, 1.165) is 5.56 Å². The summed E-state index contributed by atoms with van der Waals surface area (Å²) >= 11 is 0. The fourth-order valence-electron chi connectivity index (χ4n) is 1.21. The number of hydrogen-bond acceptors (Lipinski definition) is 3. The van der Waals surface area contributed by atoms with Gasteiger partial charge in [-0.1, -0.05) is 6.07 Å². The molecule has 0 fully saturated rings. The van der Waals surface area contributed by atoms with E-state index in [-0.39, 0.29) is 5.56 Å². The minimum absolute atomic E-state index is 0.215. The van der Waals surface area contributed by atoms with Crippen molar-refractivity contribution in [2.75, 3.05) is 13.7 Å². The van der Waals surface area contributed by atoms with Crippen molar-refractivity contribution in [3.8, 4) is 5.75 Å². The first kappa shape index (κ1) is 11.5. The number of aromatic carboxylic acids is 1. The third-order valence-electron chi connectivity index (χ3n) is 2.00. The highest BCUT2D eigenvalue weighted by atomic mass is 16.5. The van der Waals surface area contributed by atoms with Crippen molar-refractivity contribution in [3.05, 3.63) is 29.3 Å². The monoisotopic (exact) mass is 210 g/mol. The Morgan fingerprint density at radius 3 is 2.73 bits per heavy atom. The van der Waals surface area contributed by atoms with Gasteiger partial charge >= 0.3 is 5.97 Å². The quantitative estimate of drug-likeness (QED) is 0.806. The van der Waals surface area contributed by atoms with Gasteiger partial charge in [0.2, 0.25) is 0 Å². The van der Waals surface area contributed by atoms with E-state index < -0.39 is 5.97 Å². The van der Waals surface area contributed by atoms with Gasteiger partial charge in [-0.3, -0.25) is 0 Å². The van der Waals surface area contributed by atoms with Crippen LogP contribution in [0.4, 0.5) is 0 Å². The van der Waals surface area contributed by atoms with E-state index in [1.807, 2.05) is 6.92 Å². The zero-order valence-corrected chi connectivity index (χ0v) is 8.82. The molecular weight excluding hydrogens is 196 g/mol. The summed E-state index contributed by atoms with van der Waals surface area (Å²) in [5.74, 6) is -0.417. The average molecular weight is 210 g/mol. The number of benzene rings is 1. The molecule has 0 heterocycles. The second kappa shape index (κ2) is 5.36.